The van der Waals surface area contributed by atoms with Crippen LogP contribution in [0.2, 0.25) is 0 Å². The highest BCUT2D eigenvalue weighted by Gasteiger charge is 2.19. The molecule has 1 heterocycles. The fourth-order valence-electron chi connectivity index (χ4n) is 3.48. The van der Waals surface area contributed by atoms with E-state index in [-0.39, 0.29) is 4.90 Å². The Bertz CT molecular complexity index is 1290. The van der Waals surface area contributed by atoms with Crippen molar-refractivity contribution in [2.24, 2.45) is 10.7 Å². The van der Waals surface area contributed by atoms with E-state index in [1.807, 2.05) is 17.0 Å². The zero-order valence-electron chi connectivity index (χ0n) is 17.6. The number of rotatable bonds is 7. The van der Waals surface area contributed by atoms with Gasteiger partial charge in [-0.15, -0.1) is 0 Å². The van der Waals surface area contributed by atoms with Crippen molar-refractivity contribution < 1.29 is 12.6 Å². The summed E-state index contributed by atoms with van der Waals surface area (Å²) in [4.78, 5) is 7.73. The minimum Gasteiger partial charge on any atom is -0.369 e. The van der Waals surface area contributed by atoms with Gasteiger partial charge in [-0.05, 0) is 60.5 Å². The fourth-order valence-corrected chi connectivity index (χ4v) is 5.70. The molecular formula is C23H24N4O3S2. The Balaban J connectivity index is 1.58. The summed E-state index contributed by atoms with van der Waals surface area (Å²) < 4.78 is 41.0. The molecule has 0 aromatic heterocycles. The number of fused-ring (bicyclic) bond motifs is 1. The highest BCUT2D eigenvalue weighted by molar-refractivity contribution is 7.92. The Morgan fingerprint density at radius 2 is 1.78 bits per heavy atom. The number of guanidine groups is 1. The molecule has 0 bridgehead atoms. The van der Waals surface area contributed by atoms with E-state index in [4.69, 9.17) is 5.73 Å². The first kappa shape index (κ1) is 22.0. The van der Waals surface area contributed by atoms with E-state index in [1.54, 1.807) is 48.5 Å². The van der Waals surface area contributed by atoms with Crippen LogP contribution in [0.4, 0.5) is 11.4 Å². The summed E-state index contributed by atoms with van der Waals surface area (Å²) in [5, 5.41) is 0. The maximum Gasteiger partial charge on any atom is 0.261 e. The van der Waals surface area contributed by atoms with Crippen molar-refractivity contribution in [1.29, 1.82) is 0 Å². The molecular weight excluding hydrogens is 444 g/mol. The number of hydrogen-bond donors (Lipinski definition) is 2. The summed E-state index contributed by atoms with van der Waals surface area (Å²) in [6.45, 7) is 3.49. The number of sulfonamides is 1. The van der Waals surface area contributed by atoms with Gasteiger partial charge < -0.3 is 10.6 Å². The predicted molar refractivity (Wildman–Crippen MR) is 127 cm³/mol. The van der Waals surface area contributed by atoms with Gasteiger partial charge in [0.05, 0.1) is 27.1 Å². The van der Waals surface area contributed by atoms with Gasteiger partial charge in [0.1, 0.15) is 0 Å². The zero-order valence-corrected chi connectivity index (χ0v) is 19.2. The van der Waals surface area contributed by atoms with Crippen molar-refractivity contribution in [1.82, 2.24) is 4.90 Å². The van der Waals surface area contributed by atoms with Crippen LogP contribution in [-0.4, -0.2) is 30.0 Å². The molecule has 0 saturated heterocycles. The van der Waals surface area contributed by atoms with E-state index in [0.29, 0.717) is 28.0 Å². The number of benzene rings is 3. The van der Waals surface area contributed by atoms with Gasteiger partial charge in [-0.2, -0.15) is 0 Å². The molecule has 166 valence electrons. The van der Waals surface area contributed by atoms with Crippen molar-refractivity contribution in [2.45, 2.75) is 34.6 Å². The number of aliphatic imine (C=N–C) groups is 1. The Hall–Kier alpha value is -3.17. The summed E-state index contributed by atoms with van der Waals surface area (Å²) in [5.41, 5.74) is 8.12. The summed E-state index contributed by atoms with van der Waals surface area (Å²) in [6, 6.07) is 20.2. The molecule has 0 radical (unpaired) electrons. The molecule has 3 N–H and O–H groups in total. The molecule has 9 heteroatoms. The lowest BCUT2D eigenvalue weighted by atomic mass is 10.1. The Morgan fingerprint density at radius 3 is 2.53 bits per heavy atom. The van der Waals surface area contributed by atoms with E-state index < -0.39 is 20.8 Å². The normalized spacial score (nSPS) is 14.4. The average molecular weight is 469 g/mol. The van der Waals surface area contributed by atoms with Gasteiger partial charge in [0.2, 0.25) is 0 Å². The number of hydrogen-bond acceptors (Lipinski definition) is 6. The largest absolute Gasteiger partial charge is 0.369 e. The van der Waals surface area contributed by atoms with Gasteiger partial charge in [-0.25, -0.2) is 17.6 Å². The van der Waals surface area contributed by atoms with Crippen LogP contribution in [0.15, 0.2) is 92.5 Å². The molecule has 1 atom stereocenters. The minimum atomic E-state index is -3.73. The second kappa shape index (κ2) is 9.13. The van der Waals surface area contributed by atoms with Crippen LogP contribution in [0.25, 0.3) is 0 Å². The topological polar surface area (TPSA) is 105 Å². The van der Waals surface area contributed by atoms with Crippen molar-refractivity contribution >= 4 is 38.2 Å². The van der Waals surface area contributed by atoms with Crippen LogP contribution in [0.5, 0.6) is 0 Å². The fraction of sp³-hybridized carbons (Fsp3) is 0.174. The Kier molecular flexibility index (Phi) is 6.29. The molecule has 3 aromatic carbocycles. The highest BCUT2D eigenvalue weighted by atomic mass is 32.2. The second-order valence-corrected chi connectivity index (χ2v) is 10.6. The molecule has 4 rings (SSSR count). The number of nitrogens with two attached hydrogens (primary N) is 1. The molecule has 32 heavy (non-hydrogen) atoms. The molecule has 0 fully saturated rings. The molecule has 7 nitrogen and oxygen atoms in total. The minimum absolute atomic E-state index is 0.165. The van der Waals surface area contributed by atoms with Gasteiger partial charge in [-0.3, -0.25) is 4.72 Å². The molecule has 1 unspecified atom stereocenters. The first-order valence-electron chi connectivity index (χ1n) is 10.2. The average Bonchev–Trinajstić information content (AvgIpc) is 2.79. The lowest BCUT2D eigenvalue weighted by Crippen LogP contribution is -2.39. The van der Waals surface area contributed by atoms with Crippen LogP contribution in [0.3, 0.4) is 0 Å². The van der Waals surface area contributed by atoms with Crippen LogP contribution < -0.4 is 10.5 Å². The van der Waals surface area contributed by atoms with E-state index in [9.17, 15) is 12.6 Å². The molecule has 3 aromatic rings. The maximum atomic E-state index is 13.3. The van der Waals surface area contributed by atoms with Gasteiger partial charge in [0, 0.05) is 22.9 Å². The summed E-state index contributed by atoms with van der Waals surface area (Å²) in [5.74, 6) is 0.492. The van der Waals surface area contributed by atoms with Crippen molar-refractivity contribution in [2.75, 3.05) is 11.3 Å². The third-order valence-corrected chi connectivity index (χ3v) is 7.79. The van der Waals surface area contributed by atoms with Gasteiger partial charge in [0.15, 0.2) is 5.96 Å². The van der Waals surface area contributed by atoms with E-state index >= 15 is 0 Å². The zero-order chi connectivity index (χ0) is 22.7. The smallest absolute Gasteiger partial charge is 0.261 e. The van der Waals surface area contributed by atoms with Crippen LogP contribution in [-0.2, 0) is 27.4 Å². The first-order chi connectivity index (χ1) is 15.4. The van der Waals surface area contributed by atoms with E-state index in [2.05, 4.69) is 16.6 Å². The van der Waals surface area contributed by atoms with E-state index in [0.717, 1.165) is 24.2 Å². The quantitative estimate of drug-likeness (QED) is 0.548. The summed E-state index contributed by atoms with van der Waals surface area (Å²) in [6.07, 6.45) is 0.947. The van der Waals surface area contributed by atoms with Gasteiger partial charge in [-0.1, -0.05) is 31.2 Å². The molecule has 0 aliphatic carbocycles. The second-order valence-electron chi connectivity index (χ2n) is 7.40. The SMILES string of the molecule is CCCN1Cc2cc(S(=O)c3cccc(NS(=O)(=O)c4ccccc4)c3)ccc2N=C1N. The number of nitrogens with one attached hydrogen (secondary N) is 1. The highest BCUT2D eigenvalue weighted by Crippen LogP contribution is 2.30. The van der Waals surface area contributed by atoms with Crippen LogP contribution in [0.1, 0.15) is 18.9 Å². The maximum absolute atomic E-state index is 13.3. The summed E-state index contributed by atoms with van der Waals surface area (Å²) >= 11 is 0. The summed E-state index contributed by atoms with van der Waals surface area (Å²) in [7, 11) is -5.22. The molecule has 0 spiro atoms. The molecule has 1 aliphatic heterocycles. The third-order valence-electron chi connectivity index (χ3n) is 5.03. The van der Waals surface area contributed by atoms with E-state index in [1.165, 1.54) is 12.1 Å². The third kappa shape index (κ3) is 4.68. The predicted octanol–water partition coefficient (Wildman–Crippen LogP) is 3.83. The van der Waals surface area contributed by atoms with Crippen molar-refractivity contribution in [3.63, 3.8) is 0 Å². The number of nitrogens with zero attached hydrogens (tertiary/aromatic N) is 2. The molecule has 0 saturated carbocycles. The van der Waals surface area contributed by atoms with Crippen molar-refractivity contribution in [3.05, 3.63) is 78.4 Å². The molecule has 0 amide bonds. The molecule has 1 aliphatic rings. The van der Waals surface area contributed by atoms with Crippen molar-refractivity contribution in [3.8, 4) is 0 Å². The first-order valence-corrected chi connectivity index (χ1v) is 12.8. The Morgan fingerprint density at radius 1 is 1.03 bits per heavy atom. The lowest BCUT2D eigenvalue weighted by molar-refractivity contribution is 0.402. The van der Waals surface area contributed by atoms with Crippen LogP contribution >= 0.6 is 0 Å². The van der Waals surface area contributed by atoms with Gasteiger partial charge in [0.25, 0.3) is 10.0 Å². The number of anilines is 1. The Labute approximate surface area is 190 Å². The lowest BCUT2D eigenvalue weighted by Gasteiger charge is -2.28. The standard InChI is InChI=1S/C23H24N4O3S2/c1-2-13-27-16-17-14-20(11-12-22(17)25-23(27)24)31(28)19-8-6-7-18(15-19)26-32(29,30)21-9-4-3-5-10-21/h3-12,14-15,26H,2,13,16H2,1H3,(H2,24,25). The monoisotopic (exact) mass is 468 g/mol. The van der Waals surface area contributed by atoms with Gasteiger partial charge >= 0.3 is 0 Å². The van der Waals surface area contributed by atoms with Crippen LogP contribution in [0, 0.1) is 0 Å².